The number of hydrogen-bond acceptors (Lipinski definition) is 6. The summed E-state index contributed by atoms with van der Waals surface area (Å²) in [5.74, 6) is -1.02. The first-order chi connectivity index (χ1) is 31.5. The lowest BCUT2D eigenvalue weighted by Crippen LogP contribution is -2.30. The Bertz CT molecular complexity index is 1390. The molecule has 0 aliphatic heterocycles. The number of carbonyl (C=O) groups excluding carboxylic acids is 3. The summed E-state index contributed by atoms with van der Waals surface area (Å²) < 4.78 is 16.7. The molecule has 0 aliphatic carbocycles. The van der Waals surface area contributed by atoms with Crippen molar-refractivity contribution in [3.63, 3.8) is 0 Å². The molecule has 0 aromatic rings. The largest absolute Gasteiger partial charge is 0.462 e. The molecule has 0 saturated carbocycles. The summed E-state index contributed by atoms with van der Waals surface area (Å²) in [6.07, 6.45) is 70.3. The molecular weight excluding hydrogens is 793 g/mol. The van der Waals surface area contributed by atoms with Gasteiger partial charge in [-0.1, -0.05) is 213 Å². The van der Waals surface area contributed by atoms with Gasteiger partial charge in [0, 0.05) is 19.3 Å². The average molecular weight is 885 g/mol. The van der Waals surface area contributed by atoms with Gasteiger partial charge in [-0.15, -0.1) is 0 Å². The van der Waals surface area contributed by atoms with E-state index in [-0.39, 0.29) is 37.5 Å². The molecule has 0 N–H and O–H groups in total. The first kappa shape index (κ1) is 59.8. The Morgan fingerprint density at radius 3 is 1.19 bits per heavy atom. The van der Waals surface area contributed by atoms with Gasteiger partial charge in [-0.05, 0) is 96.3 Å². The summed E-state index contributed by atoms with van der Waals surface area (Å²) >= 11 is 0. The summed E-state index contributed by atoms with van der Waals surface area (Å²) in [5, 5.41) is 0. The molecule has 0 radical (unpaired) electrons. The minimum Gasteiger partial charge on any atom is -0.462 e. The minimum absolute atomic E-state index is 0.116. The highest BCUT2D eigenvalue weighted by molar-refractivity contribution is 5.71. The number of unbranched alkanes of at least 4 members (excludes halogenated alkanes) is 17. The van der Waals surface area contributed by atoms with Crippen molar-refractivity contribution in [3.8, 4) is 0 Å². The van der Waals surface area contributed by atoms with Gasteiger partial charge in [-0.2, -0.15) is 0 Å². The molecule has 0 aromatic heterocycles. The number of esters is 3. The predicted molar refractivity (Wildman–Crippen MR) is 274 cm³/mol. The molecule has 0 bridgehead atoms. The van der Waals surface area contributed by atoms with Crippen LogP contribution in [0.4, 0.5) is 0 Å². The molecule has 0 fully saturated rings. The molecule has 360 valence electrons. The Labute approximate surface area is 392 Å². The van der Waals surface area contributed by atoms with Crippen LogP contribution in [0.1, 0.15) is 207 Å². The van der Waals surface area contributed by atoms with Gasteiger partial charge in [-0.3, -0.25) is 14.4 Å². The Hall–Kier alpha value is -4.19. The molecule has 6 heteroatoms. The molecule has 0 rings (SSSR count). The van der Waals surface area contributed by atoms with Crippen molar-refractivity contribution in [2.24, 2.45) is 0 Å². The van der Waals surface area contributed by atoms with Gasteiger partial charge in [0.15, 0.2) is 6.10 Å². The Kier molecular flexibility index (Phi) is 48.1. The number of rotatable bonds is 44. The monoisotopic (exact) mass is 885 g/mol. The van der Waals surface area contributed by atoms with Crippen molar-refractivity contribution < 1.29 is 28.6 Å². The van der Waals surface area contributed by atoms with Crippen LogP contribution in [0.15, 0.2) is 122 Å². The maximum absolute atomic E-state index is 12.8. The first-order valence-corrected chi connectivity index (χ1v) is 25.6. The summed E-state index contributed by atoms with van der Waals surface area (Å²) in [6.45, 7) is 6.38. The van der Waals surface area contributed by atoms with E-state index in [1.807, 2.05) is 36.5 Å². The van der Waals surface area contributed by atoms with Gasteiger partial charge in [0.05, 0.1) is 0 Å². The molecule has 1 unspecified atom stereocenters. The van der Waals surface area contributed by atoms with Crippen molar-refractivity contribution in [2.45, 2.75) is 213 Å². The van der Waals surface area contributed by atoms with Crippen LogP contribution in [-0.2, 0) is 28.6 Å². The average Bonchev–Trinajstić information content (AvgIpc) is 3.29. The molecule has 0 heterocycles. The quantitative estimate of drug-likeness (QED) is 0.0199. The van der Waals surface area contributed by atoms with E-state index >= 15 is 0 Å². The van der Waals surface area contributed by atoms with Crippen LogP contribution in [0.25, 0.3) is 0 Å². The van der Waals surface area contributed by atoms with Crippen molar-refractivity contribution >= 4 is 17.9 Å². The zero-order chi connectivity index (χ0) is 46.5. The van der Waals surface area contributed by atoms with Crippen molar-refractivity contribution in [1.82, 2.24) is 0 Å². The molecule has 0 saturated heterocycles. The standard InChI is InChI=1S/C58H92O6/c1-4-7-10-13-16-19-22-24-26-28-30-31-33-36-39-42-45-48-51-57(60)63-54-55(53-62-56(59)50-47-44-41-38-35-21-18-15-12-9-6-3)64-58(61)52-49-46-43-40-37-34-32-29-27-25-23-20-17-14-11-8-5-2/h10,13,15-20,22,24-28,30-32,34,40,43,55H,4-9,11-12,14,21,23,29,33,35-39,41-42,44-54H2,1-3H3/b13-10-,18-15-,19-16-,20-17-,24-22-,27-25-,28-26-,31-30-,34-32-,43-40-. The van der Waals surface area contributed by atoms with E-state index in [9.17, 15) is 14.4 Å². The summed E-state index contributed by atoms with van der Waals surface area (Å²) in [7, 11) is 0. The van der Waals surface area contributed by atoms with E-state index in [0.29, 0.717) is 19.3 Å². The van der Waals surface area contributed by atoms with Gasteiger partial charge < -0.3 is 14.2 Å². The lowest BCUT2D eigenvalue weighted by atomic mass is 10.1. The number of hydrogen-bond donors (Lipinski definition) is 0. The molecule has 0 aromatic carbocycles. The third-order valence-corrected chi connectivity index (χ3v) is 10.3. The van der Waals surface area contributed by atoms with Crippen LogP contribution in [0.3, 0.4) is 0 Å². The predicted octanol–water partition coefficient (Wildman–Crippen LogP) is 16.9. The van der Waals surface area contributed by atoms with E-state index in [1.165, 1.54) is 57.8 Å². The van der Waals surface area contributed by atoms with Crippen molar-refractivity contribution in [2.75, 3.05) is 13.2 Å². The minimum atomic E-state index is -0.823. The fourth-order valence-electron chi connectivity index (χ4n) is 6.38. The maximum atomic E-state index is 12.8. The molecular formula is C58H92O6. The SMILES string of the molecule is CCC\C=C/C=C\C=C/C=C\C=C/CCCCCCCC(=O)OCC(COC(=O)CCCCCCC/C=C\CCCC)OC(=O)CCC/C=C\C/C=C\C/C=C\C/C=C\CCCCC. The molecule has 64 heavy (non-hydrogen) atoms. The normalized spacial score (nSPS) is 13.1. The molecule has 0 aliphatic rings. The van der Waals surface area contributed by atoms with Crippen LogP contribution in [-0.4, -0.2) is 37.2 Å². The van der Waals surface area contributed by atoms with Crippen LogP contribution in [0.2, 0.25) is 0 Å². The van der Waals surface area contributed by atoms with E-state index in [1.54, 1.807) is 0 Å². The molecule has 0 amide bonds. The second kappa shape index (κ2) is 51.4. The summed E-state index contributed by atoms with van der Waals surface area (Å²) in [4.78, 5) is 37.9. The summed E-state index contributed by atoms with van der Waals surface area (Å²) in [5.41, 5.74) is 0. The van der Waals surface area contributed by atoms with E-state index in [4.69, 9.17) is 14.2 Å². The number of allylic oxidation sites excluding steroid dienone is 20. The third-order valence-electron chi connectivity index (χ3n) is 10.3. The van der Waals surface area contributed by atoms with E-state index in [0.717, 1.165) is 103 Å². The fourth-order valence-corrected chi connectivity index (χ4v) is 6.38. The van der Waals surface area contributed by atoms with Crippen LogP contribution in [0, 0.1) is 0 Å². The zero-order valence-corrected chi connectivity index (χ0v) is 41.0. The second-order valence-electron chi connectivity index (χ2n) is 16.5. The lowest BCUT2D eigenvalue weighted by molar-refractivity contribution is -0.167. The first-order valence-electron chi connectivity index (χ1n) is 25.6. The lowest BCUT2D eigenvalue weighted by Gasteiger charge is -2.18. The van der Waals surface area contributed by atoms with Crippen LogP contribution < -0.4 is 0 Å². The zero-order valence-electron chi connectivity index (χ0n) is 41.0. The number of ether oxygens (including phenoxy) is 3. The van der Waals surface area contributed by atoms with Crippen molar-refractivity contribution in [1.29, 1.82) is 0 Å². The highest BCUT2D eigenvalue weighted by atomic mass is 16.6. The Morgan fingerprint density at radius 2 is 0.688 bits per heavy atom. The highest BCUT2D eigenvalue weighted by Gasteiger charge is 2.19. The van der Waals surface area contributed by atoms with Gasteiger partial charge in [0.1, 0.15) is 13.2 Å². The summed E-state index contributed by atoms with van der Waals surface area (Å²) in [6, 6.07) is 0. The molecule has 1 atom stereocenters. The van der Waals surface area contributed by atoms with E-state index in [2.05, 4.69) is 106 Å². The topological polar surface area (TPSA) is 78.9 Å². The van der Waals surface area contributed by atoms with Crippen LogP contribution >= 0.6 is 0 Å². The van der Waals surface area contributed by atoms with Gasteiger partial charge in [-0.25, -0.2) is 0 Å². The maximum Gasteiger partial charge on any atom is 0.306 e. The van der Waals surface area contributed by atoms with Gasteiger partial charge >= 0.3 is 17.9 Å². The Morgan fingerprint density at radius 1 is 0.328 bits per heavy atom. The number of carbonyl (C=O) groups is 3. The fraction of sp³-hybridized carbons (Fsp3) is 0.603. The molecule has 0 spiro atoms. The van der Waals surface area contributed by atoms with Crippen molar-refractivity contribution in [3.05, 3.63) is 122 Å². The second-order valence-corrected chi connectivity index (χ2v) is 16.5. The molecule has 6 nitrogen and oxygen atoms in total. The smallest absolute Gasteiger partial charge is 0.306 e. The van der Waals surface area contributed by atoms with Gasteiger partial charge in [0.2, 0.25) is 0 Å². The van der Waals surface area contributed by atoms with E-state index < -0.39 is 6.10 Å². The Balaban J connectivity index is 4.55. The van der Waals surface area contributed by atoms with Crippen LogP contribution in [0.5, 0.6) is 0 Å². The van der Waals surface area contributed by atoms with Gasteiger partial charge in [0.25, 0.3) is 0 Å². The highest BCUT2D eigenvalue weighted by Crippen LogP contribution is 2.12. The third kappa shape index (κ3) is 48.8.